The Hall–Kier alpha value is -0.490. The van der Waals surface area contributed by atoms with Gasteiger partial charge in [0.2, 0.25) is 0 Å². The molecule has 0 fully saturated rings. The highest BCUT2D eigenvalue weighted by molar-refractivity contribution is 6.24. The molecule has 54 valence electrons. The van der Waals surface area contributed by atoms with Gasteiger partial charge in [-0.05, 0) is 19.4 Å². The van der Waals surface area contributed by atoms with E-state index in [1.165, 1.54) is 11.1 Å². The molecule has 1 aliphatic rings. The molecule has 0 saturated carbocycles. The van der Waals surface area contributed by atoms with Crippen molar-refractivity contribution in [2.24, 2.45) is 0 Å². The van der Waals surface area contributed by atoms with Gasteiger partial charge in [-0.2, -0.15) is 0 Å². The summed E-state index contributed by atoms with van der Waals surface area (Å²) >= 11 is 5.98. The predicted molar refractivity (Wildman–Crippen MR) is 46.3 cm³/mol. The monoisotopic (exact) mass is 154 g/mol. The van der Waals surface area contributed by atoms with Crippen LogP contribution in [0.2, 0.25) is 0 Å². The third-order valence-corrected chi connectivity index (χ3v) is 1.92. The van der Waals surface area contributed by atoms with Crippen LogP contribution in [0.1, 0.15) is 13.8 Å². The summed E-state index contributed by atoms with van der Waals surface area (Å²) in [4.78, 5) is 0. The summed E-state index contributed by atoms with van der Waals surface area (Å²) < 4.78 is 0. The topological polar surface area (TPSA) is 0 Å². The lowest BCUT2D eigenvalue weighted by Crippen LogP contribution is -2.00. The first-order valence-corrected chi connectivity index (χ1v) is 3.82. The van der Waals surface area contributed by atoms with E-state index < -0.39 is 0 Å². The molecule has 0 aromatic heterocycles. The van der Waals surface area contributed by atoms with E-state index in [0.717, 1.165) is 0 Å². The maximum Gasteiger partial charge on any atom is 0.0768 e. The Balaban J connectivity index is 2.91. The fraction of sp³-hybridized carbons (Fsp3) is 0.333. The van der Waals surface area contributed by atoms with Crippen molar-refractivity contribution in [1.82, 2.24) is 0 Å². The molecule has 1 heteroatoms. The second kappa shape index (κ2) is 3.07. The number of allylic oxidation sites excluding steroid dienone is 6. The molecule has 10 heavy (non-hydrogen) atoms. The van der Waals surface area contributed by atoms with Crippen LogP contribution < -0.4 is 0 Å². The molecule has 0 bridgehead atoms. The van der Waals surface area contributed by atoms with E-state index in [1.807, 2.05) is 18.2 Å². The van der Waals surface area contributed by atoms with Crippen molar-refractivity contribution >= 4 is 11.6 Å². The lowest BCUT2D eigenvalue weighted by molar-refractivity contribution is 1.18. The van der Waals surface area contributed by atoms with E-state index >= 15 is 0 Å². The Morgan fingerprint density at radius 1 is 1.40 bits per heavy atom. The third kappa shape index (κ3) is 1.51. The first-order valence-electron chi connectivity index (χ1n) is 3.38. The Kier molecular flexibility index (Phi) is 2.34. The summed E-state index contributed by atoms with van der Waals surface area (Å²) in [5, 5.41) is 0.0787. The fourth-order valence-electron chi connectivity index (χ4n) is 0.959. The minimum absolute atomic E-state index is 0.0787. The van der Waals surface area contributed by atoms with Crippen LogP contribution >= 0.6 is 11.6 Å². The molecule has 0 amide bonds. The molecule has 0 radical (unpaired) electrons. The average Bonchev–Trinajstić information content (AvgIpc) is 1.88. The highest BCUT2D eigenvalue weighted by atomic mass is 35.5. The van der Waals surface area contributed by atoms with Crippen molar-refractivity contribution in [2.75, 3.05) is 0 Å². The van der Waals surface area contributed by atoms with Crippen molar-refractivity contribution in [1.29, 1.82) is 0 Å². The van der Waals surface area contributed by atoms with Gasteiger partial charge in [0.15, 0.2) is 0 Å². The van der Waals surface area contributed by atoms with Gasteiger partial charge in [-0.3, -0.25) is 0 Å². The Labute approximate surface area is 66.9 Å². The van der Waals surface area contributed by atoms with Crippen LogP contribution in [0.25, 0.3) is 0 Å². The zero-order chi connectivity index (χ0) is 7.56. The average molecular weight is 155 g/mol. The molecule has 1 atom stereocenters. The van der Waals surface area contributed by atoms with Crippen molar-refractivity contribution in [2.45, 2.75) is 19.2 Å². The van der Waals surface area contributed by atoms with Crippen molar-refractivity contribution in [3.05, 3.63) is 35.5 Å². The van der Waals surface area contributed by atoms with Gasteiger partial charge in [0.1, 0.15) is 0 Å². The molecule has 1 unspecified atom stereocenters. The van der Waals surface area contributed by atoms with Gasteiger partial charge in [0, 0.05) is 0 Å². The molecule has 0 heterocycles. The molecule has 0 saturated heterocycles. The smallest absolute Gasteiger partial charge is 0.0768 e. The molecule has 0 aromatic rings. The summed E-state index contributed by atoms with van der Waals surface area (Å²) in [5.41, 5.74) is 2.52. The van der Waals surface area contributed by atoms with Gasteiger partial charge in [0.25, 0.3) is 0 Å². The summed E-state index contributed by atoms with van der Waals surface area (Å²) in [6.45, 7) is 4.16. The maximum absolute atomic E-state index is 5.98. The van der Waals surface area contributed by atoms with Gasteiger partial charge < -0.3 is 0 Å². The van der Waals surface area contributed by atoms with E-state index in [-0.39, 0.29) is 5.38 Å². The molecular weight excluding hydrogens is 144 g/mol. The second-order valence-electron chi connectivity index (χ2n) is 2.60. The maximum atomic E-state index is 5.98. The lowest BCUT2D eigenvalue weighted by Gasteiger charge is -2.10. The molecule has 1 aliphatic carbocycles. The lowest BCUT2D eigenvalue weighted by atomic mass is 10.0. The molecule has 0 spiro atoms. The van der Waals surface area contributed by atoms with Gasteiger partial charge in [-0.15, -0.1) is 11.6 Å². The Bertz CT molecular complexity index is 205. The van der Waals surface area contributed by atoms with E-state index in [2.05, 4.69) is 19.9 Å². The highest BCUT2D eigenvalue weighted by Gasteiger charge is 2.07. The summed E-state index contributed by atoms with van der Waals surface area (Å²) in [6.07, 6.45) is 8.04. The SMILES string of the molecule is CC(C)=C1C=CC=CC1Cl. The first-order chi connectivity index (χ1) is 4.72. The van der Waals surface area contributed by atoms with Crippen molar-refractivity contribution in [3.63, 3.8) is 0 Å². The number of rotatable bonds is 0. The number of hydrogen-bond donors (Lipinski definition) is 0. The molecule has 0 nitrogen and oxygen atoms in total. The van der Waals surface area contributed by atoms with Crippen LogP contribution in [-0.2, 0) is 0 Å². The fourth-order valence-corrected chi connectivity index (χ4v) is 1.33. The van der Waals surface area contributed by atoms with Crippen LogP contribution in [0.3, 0.4) is 0 Å². The minimum atomic E-state index is 0.0787. The first kappa shape index (κ1) is 7.62. The zero-order valence-corrected chi connectivity index (χ0v) is 7.02. The number of alkyl halides is 1. The quantitative estimate of drug-likeness (QED) is 0.471. The van der Waals surface area contributed by atoms with Crippen LogP contribution in [0.15, 0.2) is 35.5 Å². The molecular formula is C9H11Cl. The normalized spacial score (nSPS) is 23.5. The summed E-state index contributed by atoms with van der Waals surface area (Å²) in [6, 6.07) is 0. The van der Waals surface area contributed by atoms with Crippen LogP contribution in [0.5, 0.6) is 0 Å². The Morgan fingerprint density at radius 3 is 2.50 bits per heavy atom. The Morgan fingerprint density at radius 2 is 2.10 bits per heavy atom. The van der Waals surface area contributed by atoms with Crippen LogP contribution in [0, 0.1) is 0 Å². The third-order valence-electron chi connectivity index (χ3n) is 1.54. The largest absolute Gasteiger partial charge is 0.113 e. The highest BCUT2D eigenvalue weighted by Crippen LogP contribution is 2.20. The number of hydrogen-bond acceptors (Lipinski definition) is 0. The molecule has 0 aromatic carbocycles. The van der Waals surface area contributed by atoms with Gasteiger partial charge in [-0.1, -0.05) is 29.9 Å². The summed E-state index contributed by atoms with van der Waals surface area (Å²) in [7, 11) is 0. The standard InChI is InChI=1S/C9H11Cl/c1-7(2)8-5-3-4-6-9(8)10/h3-6,9H,1-2H3. The van der Waals surface area contributed by atoms with E-state index in [9.17, 15) is 0 Å². The zero-order valence-electron chi connectivity index (χ0n) is 6.26. The second-order valence-corrected chi connectivity index (χ2v) is 3.07. The van der Waals surface area contributed by atoms with Crippen LogP contribution in [-0.4, -0.2) is 5.38 Å². The molecule has 1 rings (SSSR count). The summed E-state index contributed by atoms with van der Waals surface area (Å²) in [5.74, 6) is 0. The van der Waals surface area contributed by atoms with Gasteiger partial charge in [0.05, 0.1) is 5.38 Å². The van der Waals surface area contributed by atoms with Crippen LogP contribution in [0.4, 0.5) is 0 Å². The minimum Gasteiger partial charge on any atom is -0.113 e. The van der Waals surface area contributed by atoms with Crippen molar-refractivity contribution in [3.8, 4) is 0 Å². The molecule has 0 aliphatic heterocycles. The van der Waals surface area contributed by atoms with E-state index in [4.69, 9.17) is 11.6 Å². The van der Waals surface area contributed by atoms with Crippen molar-refractivity contribution < 1.29 is 0 Å². The number of halogens is 1. The molecule has 0 N–H and O–H groups in total. The predicted octanol–water partition coefficient (Wildman–Crippen LogP) is 3.06. The van der Waals surface area contributed by atoms with Gasteiger partial charge >= 0.3 is 0 Å². The van der Waals surface area contributed by atoms with E-state index in [0.29, 0.717) is 0 Å². The van der Waals surface area contributed by atoms with E-state index in [1.54, 1.807) is 0 Å². The van der Waals surface area contributed by atoms with Gasteiger partial charge in [-0.25, -0.2) is 0 Å².